The third-order valence-corrected chi connectivity index (χ3v) is 4.35. The highest BCUT2D eigenvalue weighted by Gasteiger charge is 2.19. The van der Waals surface area contributed by atoms with Gasteiger partial charge in [-0.25, -0.2) is 4.98 Å². The van der Waals surface area contributed by atoms with Crippen LogP contribution in [-0.2, 0) is 4.79 Å². The van der Waals surface area contributed by atoms with Gasteiger partial charge < -0.3 is 5.32 Å². The zero-order valence-corrected chi connectivity index (χ0v) is 13.6. The Morgan fingerprint density at radius 2 is 1.91 bits per heavy atom. The SMILES string of the molecule is CCC(C(=O)Nc1nc(-c2ccccn2)cs1)c1ccccc1. The number of anilines is 1. The lowest BCUT2D eigenvalue weighted by molar-refractivity contribution is -0.117. The van der Waals surface area contributed by atoms with Crippen LogP contribution in [0.2, 0.25) is 0 Å². The Labute approximate surface area is 139 Å². The van der Waals surface area contributed by atoms with Gasteiger partial charge in [-0.15, -0.1) is 11.3 Å². The number of thiazole rings is 1. The zero-order chi connectivity index (χ0) is 16.1. The van der Waals surface area contributed by atoms with E-state index in [0.717, 1.165) is 23.4 Å². The minimum Gasteiger partial charge on any atom is -0.301 e. The Morgan fingerprint density at radius 3 is 2.61 bits per heavy atom. The normalized spacial score (nSPS) is 11.9. The molecular formula is C18H17N3OS. The van der Waals surface area contributed by atoms with Crippen LogP contribution in [0.4, 0.5) is 5.13 Å². The fourth-order valence-corrected chi connectivity index (χ4v) is 3.12. The van der Waals surface area contributed by atoms with E-state index in [1.807, 2.05) is 60.8 Å². The van der Waals surface area contributed by atoms with E-state index in [2.05, 4.69) is 15.3 Å². The van der Waals surface area contributed by atoms with Gasteiger partial charge in [0.15, 0.2) is 5.13 Å². The first-order valence-electron chi connectivity index (χ1n) is 7.50. The summed E-state index contributed by atoms with van der Waals surface area (Å²) in [5.41, 5.74) is 2.60. The minimum absolute atomic E-state index is 0.0272. The van der Waals surface area contributed by atoms with Crippen LogP contribution >= 0.6 is 11.3 Å². The molecule has 0 spiro atoms. The van der Waals surface area contributed by atoms with Crippen molar-refractivity contribution in [2.24, 2.45) is 0 Å². The monoisotopic (exact) mass is 323 g/mol. The van der Waals surface area contributed by atoms with Gasteiger partial charge in [-0.05, 0) is 24.1 Å². The van der Waals surface area contributed by atoms with Crippen molar-refractivity contribution in [2.75, 3.05) is 5.32 Å². The Hall–Kier alpha value is -2.53. The van der Waals surface area contributed by atoms with Gasteiger partial charge in [-0.2, -0.15) is 0 Å². The summed E-state index contributed by atoms with van der Waals surface area (Å²) in [7, 11) is 0. The average molecular weight is 323 g/mol. The maximum absolute atomic E-state index is 12.5. The molecular weight excluding hydrogens is 306 g/mol. The number of carbonyl (C=O) groups excluding carboxylic acids is 1. The van der Waals surface area contributed by atoms with Crippen molar-refractivity contribution in [3.8, 4) is 11.4 Å². The van der Waals surface area contributed by atoms with Crippen molar-refractivity contribution in [3.05, 3.63) is 65.7 Å². The first-order valence-corrected chi connectivity index (χ1v) is 8.38. The van der Waals surface area contributed by atoms with Gasteiger partial charge in [0, 0.05) is 11.6 Å². The molecule has 0 radical (unpaired) electrons. The van der Waals surface area contributed by atoms with Gasteiger partial charge in [0.1, 0.15) is 5.69 Å². The van der Waals surface area contributed by atoms with E-state index in [9.17, 15) is 4.79 Å². The van der Waals surface area contributed by atoms with Gasteiger partial charge in [0.25, 0.3) is 0 Å². The van der Waals surface area contributed by atoms with Crippen LogP contribution < -0.4 is 5.32 Å². The zero-order valence-electron chi connectivity index (χ0n) is 12.8. The second kappa shape index (κ2) is 7.15. The lowest BCUT2D eigenvalue weighted by atomic mass is 9.96. The Bertz CT molecular complexity index is 771. The van der Waals surface area contributed by atoms with Crippen LogP contribution in [0.15, 0.2) is 60.1 Å². The summed E-state index contributed by atoms with van der Waals surface area (Å²) >= 11 is 1.41. The van der Waals surface area contributed by atoms with Gasteiger partial charge in [-0.3, -0.25) is 9.78 Å². The molecule has 1 N–H and O–H groups in total. The molecule has 0 saturated heterocycles. The fourth-order valence-electron chi connectivity index (χ4n) is 2.41. The quantitative estimate of drug-likeness (QED) is 0.760. The third kappa shape index (κ3) is 3.63. The van der Waals surface area contributed by atoms with Gasteiger partial charge in [0.05, 0.1) is 11.6 Å². The first-order chi connectivity index (χ1) is 11.3. The smallest absolute Gasteiger partial charge is 0.233 e. The molecule has 5 heteroatoms. The molecule has 1 atom stereocenters. The number of hydrogen-bond donors (Lipinski definition) is 1. The molecule has 0 fully saturated rings. The number of nitrogens with zero attached hydrogens (tertiary/aromatic N) is 2. The Kier molecular flexibility index (Phi) is 4.78. The Balaban J connectivity index is 1.74. The summed E-state index contributed by atoms with van der Waals surface area (Å²) in [5.74, 6) is -0.195. The maximum atomic E-state index is 12.5. The second-order valence-electron chi connectivity index (χ2n) is 5.11. The number of rotatable bonds is 5. The number of hydrogen-bond acceptors (Lipinski definition) is 4. The predicted molar refractivity (Wildman–Crippen MR) is 93.4 cm³/mol. The van der Waals surface area contributed by atoms with E-state index in [0.29, 0.717) is 5.13 Å². The van der Waals surface area contributed by atoms with Crippen molar-refractivity contribution in [3.63, 3.8) is 0 Å². The largest absolute Gasteiger partial charge is 0.301 e. The Morgan fingerprint density at radius 1 is 1.13 bits per heavy atom. The summed E-state index contributed by atoms with van der Waals surface area (Å²) < 4.78 is 0. The van der Waals surface area contributed by atoms with Crippen LogP contribution in [-0.4, -0.2) is 15.9 Å². The molecule has 1 unspecified atom stereocenters. The second-order valence-corrected chi connectivity index (χ2v) is 5.97. The molecule has 3 aromatic rings. The van der Waals surface area contributed by atoms with Crippen molar-refractivity contribution < 1.29 is 4.79 Å². The average Bonchev–Trinajstić information content (AvgIpc) is 3.06. The van der Waals surface area contributed by atoms with Gasteiger partial charge >= 0.3 is 0 Å². The molecule has 3 rings (SSSR count). The van der Waals surface area contributed by atoms with Crippen LogP contribution in [0.5, 0.6) is 0 Å². The first kappa shape index (κ1) is 15.4. The summed E-state index contributed by atoms with van der Waals surface area (Å²) in [6, 6.07) is 15.5. The summed E-state index contributed by atoms with van der Waals surface area (Å²) in [6.45, 7) is 2.01. The van der Waals surface area contributed by atoms with Gasteiger partial charge in [0.2, 0.25) is 5.91 Å². The number of aromatic nitrogens is 2. The number of pyridine rings is 1. The van der Waals surface area contributed by atoms with Crippen LogP contribution in [0.3, 0.4) is 0 Å². The lowest BCUT2D eigenvalue weighted by Crippen LogP contribution is -2.20. The van der Waals surface area contributed by atoms with Crippen LogP contribution in [0, 0.1) is 0 Å². The van der Waals surface area contributed by atoms with E-state index in [1.165, 1.54) is 11.3 Å². The highest BCUT2D eigenvalue weighted by molar-refractivity contribution is 7.14. The highest BCUT2D eigenvalue weighted by Crippen LogP contribution is 2.26. The minimum atomic E-state index is -0.168. The molecule has 2 aromatic heterocycles. The molecule has 1 aromatic carbocycles. The number of carbonyl (C=O) groups is 1. The summed E-state index contributed by atoms with van der Waals surface area (Å²) in [4.78, 5) is 21.3. The van der Waals surface area contributed by atoms with E-state index < -0.39 is 0 Å². The van der Waals surface area contributed by atoms with Gasteiger partial charge in [-0.1, -0.05) is 43.3 Å². The van der Waals surface area contributed by atoms with Crippen molar-refractivity contribution in [2.45, 2.75) is 19.3 Å². The topological polar surface area (TPSA) is 54.9 Å². The molecule has 0 aliphatic carbocycles. The molecule has 0 bridgehead atoms. The third-order valence-electron chi connectivity index (χ3n) is 3.59. The van der Waals surface area contributed by atoms with Crippen LogP contribution in [0.1, 0.15) is 24.8 Å². The number of nitrogens with one attached hydrogen (secondary N) is 1. The van der Waals surface area contributed by atoms with E-state index in [4.69, 9.17) is 0 Å². The molecule has 0 aliphatic rings. The summed E-state index contributed by atoms with van der Waals surface area (Å²) in [5, 5.41) is 5.43. The number of amides is 1. The van der Waals surface area contributed by atoms with Crippen molar-refractivity contribution in [1.29, 1.82) is 0 Å². The molecule has 2 heterocycles. The number of benzene rings is 1. The summed E-state index contributed by atoms with van der Waals surface area (Å²) in [6.07, 6.45) is 2.48. The molecule has 116 valence electrons. The van der Waals surface area contributed by atoms with Crippen molar-refractivity contribution >= 4 is 22.4 Å². The molecule has 1 amide bonds. The molecule has 0 aliphatic heterocycles. The highest BCUT2D eigenvalue weighted by atomic mass is 32.1. The van der Waals surface area contributed by atoms with E-state index in [-0.39, 0.29) is 11.8 Å². The lowest BCUT2D eigenvalue weighted by Gasteiger charge is -2.14. The van der Waals surface area contributed by atoms with Crippen molar-refractivity contribution in [1.82, 2.24) is 9.97 Å². The fraction of sp³-hybridized carbons (Fsp3) is 0.167. The van der Waals surface area contributed by atoms with Crippen LogP contribution in [0.25, 0.3) is 11.4 Å². The van der Waals surface area contributed by atoms with E-state index in [1.54, 1.807) is 6.20 Å². The van der Waals surface area contributed by atoms with E-state index >= 15 is 0 Å². The predicted octanol–water partition coefficient (Wildman–Crippen LogP) is 4.34. The standard InChI is InChI=1S/C18H17N3OS/c1-2-14(13-8-4-3-5-9-13)17(22)21-18-20-16(12-23-18)15-10-6-7-11-19-15/h3-12,14H,2H2,1H3,(H,20,21,22). The molecule has 23 heavy (non-hydrogen) atoms. The maximum Gasteiger partial charge on any atom is 0.233 e. The molecule has 4 nitrogen and oxygen atoms in total. The molecule has 0 saturated carbocycles.